The van der Waals surface area contributed by atoms with Crippen LogP contribution < -0.4 is 9.64 Å². The second-order valence-electron chi connectivity index (χ2n) is 13.1. The number of phenolic OH excluding ortho intramolecular Hbond substituents is 1. The molecular weight excluding hydrogens is 595 g/mol. The predicted molar refractivity (Wildman–Crippen MR) is 157 cm³/mol. The van der Waals surface area contributed by atoms with Gasteiger partial charge in [0.25, 0.3) is 0 Å². The number of ether oxygens (including phenoxy) is 1. The van der Waals surface area contributed by atoms with Crippen molar-refractivity contribution in [3.63, 3.8) is 0 Å². The molecule has 4 aliphatic rings. The van der Waals surface area contributed by atoms with Crippen molar-refractivity contribution in [3.8, 4) is 22.9 Å². The number of aromatic hydroxyl groups is 1. The minimum Gasteiger partial charge on any atom is -0.508 e. The van der Waals surface area contributed by atoms with Crippen molar-refractivity contribution in [1.29, 1.82) is 0 Å². The lowest BCUT2D eigenvalue weighted by atomic mass is 9.88. The average Bonchev–Trinajstić information content (AvgIpc) is 3.62. The molecule has 0 radical (unpaired) electrons. The number of hydrogen-bond acceptors (Lipinski definition) is 7. The van der Waals surface area contributed by atoms with Crippen LogP contribution in [0.25, 0.3) is 32.8 Å². The van der Waals surface area contributed by atoms with Gasteiger partial charge in [-0.05, 0) is 74.2 Å². The molecule has 4 fully saturated rings. The molecule has 2 N–H and O–H groups in total. The van der Waals surface area contributed by atoms with Crippen LogP contribution in [-0.2, 0) is 0 Å². The number of alkyl halides is 1. The number of phenols is 1. The molecule has 0 amide bonds. The Morgan fingerprint density at radius 2 is 1.82 bits per heavy atom. The van der Waals surface area contributed by atoms with Gasteiger partial charge < -0.3 is 19.8 Å². The Hall–Kier alpha value is -3.77. The van der Waals surface area contributed by atoms with Crippen LogP contribution in [0.2, 0.25) is 0 Å². The van der Waals surface area contributed by atoms with Gasteiger partial charge in [0, 0.05) is 41.9 Å². The first-order valence-electron chi connectivity index (χ1n) is 15.4. The van der Waals surface area contributed by atoms with Gasteiger partial charge >= 0.3 is 6.01 Å². The first kappa shape index (κ1) is 28.7. The molecule has 3 saturated heterocycles. The highest BCUT2D eigenvalue weighted by atomic mass is 19.2. The van der Waals surface area contributed by atoms with Gasteiger partial charge in [-0.15, -0.1) is 0 Å². The molecule has 8 rings (SSSR count). The van der Waals surface area contributed by atoms with Crippen LogP contribution in [-0.4, -0.2) is 75.2 Å². The predicted octanol–water partition coefficient (Wildman–Crippen LogP) is 6.02. The maximum atomic E-state index is 16.7. The molecule has 3 unspecified atom stereocenters. The maximum absolute atomic E-state index is 16.7. The van der Waals surface area contributed by atoms with Crippen LogP contribution in [0.1, 0.15) is 38.5 Å². The lowest BCUT2D eigenvalue weighted by molar-refractivity contribution is 0.107. The van der Waals surface area contributed by atoms with E-state index in [0.717, 1.165) is 44.0 Å². The molecule has 3 aromatic carbocycles. The fourth-order valence-electron chi connectivity index (χ4n) is 8.38. The topological polar surface area (TPSA) is 82.0 Å². The van der Waals surface area contributed by atoms with Crippen LogP contribution >= 0.6 is 0 Å². The number of rotatable bonds is 5. The van der Waals surface area contributed by atoms with Crippen molar-refractivity contribution in [2.24, 2.45) is 5.92 Å². The minimum absolute atomic E-state index is 0.0567. The molecule has 7 nitrogen and oxygen atoms in total. The van der Waals surface area contributed by atoms with E-state index < -0.39 is 46.6 Å². The molecule has 1 aromatic heterocycles. The molecule has 3 aliphatic heterocycles. The molecule has 1 aliphatic carbocycles. The second-order valence-corrected chi connectivity index (χ2v) is 13.1. The molecule has 5 atom stereocenters. The molecule has 1 saturated carbocycles. The third kappa shape index (κ3) is 4.59. The number of benzene rings is 3. The lowest BCUT2D eigenvalue weighted by Crippen LogP contribution is -2.43. The van der Waals surface area contributed by atoms with Crippen molar-refractivity contribution in [3.05, 3.63) is 53.6 Å². The second kappa shape index (κ2) is 10.4. The largest absolute Gasteiger partial charge is 0.508 e. The smallest absolute Gasteiger partial charge is 0.319 e. The summed E-state index contributed by atoms with van der Waals surface area (Å²) >= 11 is 0. The van der Waals surface area contributed by atoms with Gasteiger partial charge in [0.2, 0.25) is 0 Å². The van der Waals surface area contributed by atoms with Gasteiger partial charge in [-0.1, -0.05) is 6.07 Å². The monoisotopic (exact) mass is 626 g/mol. The van der Waals surface area contributed by atoms with Crippen LogP contribution in [0.4, 0.5) is 27.8 Å². The molecule has 4 heterocycles. The zero-order valence-electron chi connectivity index (χ0n) is 24.2. The minimum atomic E-state index is -1.31. The Labute approximate surface area is 255 Å². The molecular formula is C33H31F5N4O3. The van der Waals surface area contributed by atoms with Gasteiger partial charge in [0.1, 0.15) is 35.7 Å². The van der Waals surface area contributed by atoms with E-state index in [-0.39, 0.29) is 63.4 Å². The van der Waals surface area contributed by atoms with Gasteiger partial charge in [0.05, 0.1) is 17.2 Å². The fraction of sp³-hybridized carbons (Fsp3) is 0.455. The number of aliphatic hydroxyl groups is 1. The summed E-state index contributed by atoms with van der Waals surface area (Å²) in [6.45, 7) is 1.67. The Balaban J connectivity index is 1.30. The van der Waals surface area contributed by atoms with Crippen LogP contribution in [0.15, 0.2) is 30.3 Å². The summed E-state index contributed by atoms with van der Waals surface area (Å²) in [7, 11) is 0. The highest BCUT2D eigenvalue weighted by molar-refractivity contribution is 6.02. The molecule has 12 heteroatoms. The van der Waals surface area contributed by atoms with Crippen molar-refractivity contribution in [1.82, 2.24) is 14.9 Å². The zero-order valence-corrected chi connectivity index (χ0v) is 24.2. The molecule has 4 aromatic rings. The fourth-order valence-corrected chi connectivity index (χ4v) is 8.38. The number of halogens is 5. The highest BCUT2D eigenvalue weighted by Gasteiger charge is 2.49. The zero-order chi connectivity index (χ0) is 31.2. The number of aliphatic hydroxyl groups excluding tert-OH is 1. The first-order valence-corrected chi connectivity index (χ1v) is 15.4. The molecule has 236 valence electrons. The van der Waals surface area contributed by atoms with Gasteiger partial charge in [0.15, 0.2) is 17.5 Å². The van der Waals surface area contributed by atoms with Gasteiger partial charge in [-0.2, -0.15) is 9.97 Å². The summed E-state index contributed by atoms with van der Waals surface area (Å²) in [5, 5.41) is 20.5. The van der Waals surface area contributed by atoms with E-state index >= 15 is 13.2 Å². The van der Waals surface area contributed by atoms with Crippen molar-refractivity contribution in [2.45, 2.75) is 62.4 Å². The average molecular weight is 627 g/mol. The van der Waals surface area contributed by atoms with Gasteiger partial charge in [-0.25, -0.2) is 22.0 Å². The Morgan fingerprint density at radius 3 is 2.67 bits per heavy atom. The Kier molecular flexibility index (Phi) is 6.62. The third-order valence-corrected chi connectivity index (χ3v) is 10.3. The Bertz CT molecular complexity index is 1860. The van der Waals surface area contributed by atoms with E-state index in [4.69, 9.17) is 4.74 Å². The molecule has 45 heavy (non-hydrogen) atoms. The Morgan fingerprint density at radius 1 is 0.978 bits per heavy atom. The highest BCUT2D eigenvalue weighted by Crippen LogP contribution is 2.45. The molecule has 2 bridgehead atoms. The number of anilines is 1. The van der Waals surface area contributed by atoms with E-state index in [9.17, 15) is 19.0 Å². The van der Waals surface area contributed by atoms with E-state index in [1.54, 1.807) is 0 Å². The number of aromatic nitrogens is 2. The van der Waals surface area contributed by atoms with E-state index in [0.29, 0.717) is 32.4 Å². The maximum Gasteiger partial charge on any atom is 0.319 e. The van der Waals surface area contributed by atoms with Crippen LogP contribution in [0.3, 0.4) is 0 Å². The van der Waals surface area contributed by atoms with Gasteiger partial charge in [-0.3, -0.25) is 4.90 Å². The summed E-state index contributed by atoms with van der Waals surface area (Å²) in [4.78, 5) is 13.0. The van der Waals surface area contributed by atoms with E-state index in [1.807, 2.05) is 4.90 Å². The van der Waals surface area contributed by atoms with Crippen molar-refractivity contribution >= 4 is 27.5 Å². The van der Waals surface area contributed by atoms with E-state index in [1.165, 1.54) is 12.1 Å². The van der Waals surface area contributed by atoms with Crippen molar-refractivity contribution < 1.29 is 36.9 Å². The summed E-state index contributed by atoms with van der Waals surface area (Å²) in [6, 6.07) is 5.05. The van der Waals surface area contributed by atoms with Crippen molar-refractivity contribution in [2.75, 3.05) is 31.1 Å². The summed E-state index contributed by atoms with van der Waals surface area (Å²) in [5.41, 5.74) is -1.88. The summed E-state index contributed by atoms with van der Waals surface area (Å²) in [6.07, 6.45) is 2.32. The van der Waals surface area contributed by atoms with Crippen LogP contribution in [0, 0.1) is 29.2 Å². The number of nitrogens with zero attached hydrogens (tertiary/aromatic N) is 4. The van der Waals surface area contributed by atoms with Crippen LogP contribution in [0.5, 0.6) is 11.8 Å². The quantitative estimate of drug-likeness (QED) is 0.263. The SMILES string of the molecule is Oc1cc(-c2c(F)cc3c(N4CC5CC(O)CC4C5)nc(OC[C@@]45CCCN4C[C@H](F)C5)nc3c2F)c2c(F)c(F)ccc2c1. The summed E-state index contributed by atoms with van der Waals surface area (Å²) in [5.74, 6) is -4.71. The summed E-state index contributed by atoms with van der Waals surface area (Å²) < 4.78 is 82.8. The van der Waals surface area contributed by atoms with E-state index in [2.05, 4.69) is 14.9 Å². The lowest BCUT2D eigenvalue weighted by Gasteiger charge is -2.31. The number of fused-ring (bicyclic) bond motifs is 5. The molecule has 0 spiro atoms. The first-order chi connectivity index (χ1) is 21.6. The third-order valence-electron chi connectivity index (χ3n) is 10.3. The standard InChI is InChI=1S/C33H31F5N4O3/c34-18-12-33(4-1-5-41(33)14-18)15-45-32-39-30-23(31(40-32)42-13-16-6-19(42)9-20(43)7-16)11-25(36)27(29(30)38)22-10-21(44)8-17-2-3-24(35)28(37)26(17)22/h2-3,8,10-11,16,18-20,43-44H,1,4-7,9,12-15H2/t16?,18-,19?,20?,33+/m1/s1. The normalized spacial score (nSPS) is 28.0. The number of hydrogen-bond donors (Lipinski definition) is 2.